The average Bonchev–Trinajstić information content (AvgIpc) is 3.24. The first-order chi connectivity index (χ1) is 12.9. The lowest BCUT2D eigenvalue weighted by Crippen LogP contribution is -2.46. The summed E-state index contributed by atoms with van der Waals surface area (Å²) < 4.78 is 27.4. The molecule has 27 heavy (non-hydrogen) atoms. The van der Waals surface area contributed by atoms with Crippen LogP contribution in [-0.4, -0.2) is 55.8 Å². The lowest BCUT2D eigenvalue weighted by Gasteiger charge is -2.33. The topological polar surface area (TPSA) is 83.7 Å². The molecular weight excluding hydrogens is 362 g/mol. The number of amides is 1. The predicted octanol–water partition coefficient (Wildman–Crippen LogP) is 1.59. The molecule has 1 aromatic carbocycles. The second-order valence-electron chi connectivity index (χ2n) is 8.42. The largest absolute Gasteiger partial charge is 0.342 e. The number of carbonyl (C=O) groups excluding carboxylic acids is 1. The molecule has 1 saturated carbocycles. The van der Waals surface area contributed by atoms with Crippen molar-refractivity contribution < 1.29 is 13.2 Å². The van der Waals surface area contributed by atoms with Crippen LogP contribution in [0.3, 0.4) is 0 Å². The summed E-state index contributed by atoms with van der Waals surface area (Å²) in [7, 11) is -3.55. The second-order valence-corrected chi connectivity index (χ2v) is 10.4. The van der Waals surface area contributed by atoms with E-state index in [-0.39, 0.29) is 24.4 Å². The number of benzene rings is 1. The highest BCUT2D eigenvalue weighted by atomic mass is 32.2. The number of nitrogens with two attached hydrogens (primary N) is 1. The summed E-state index contributed by atoms with van der Waals surface area (Å²) in [6.45, 7) is 4.23. The Morgan fingerprint density at radius 1 is 1.07 bits per heavy atom. The van der Waals surface area contributed by atoms with E-state index in [1.54, 1.807) is 12.1 Å². The van der Waals surface area contributed by atoms with Crippen LogP contribution in [0.15, 0.2) is 29.2 Å². The summed E-state index contributed by atoms with van der Waals surface area (Å²) in [4.78, 5) is 15.3. The van der Waals surface area contributed by atoms with Crippen molar-refractivity contribution in [2.24, 2.45) is 23.5 Å². The molecule has 7 heteroatoms. The Kier molecular flexibility index (Phi) is 5.03. The second kappa shape index (κ2) is 7.18. The maximum atomic E-state index is 13.1. The van der Waals surface area contributed by atoms with Gasteiger partial charge in [-0.15, -0.1) is 0 Å². The predicted molar refractivity (Wildman–Crippen MR) is 103 cm³/mol. The minimum atomic E-state index is -3.55. The number of hydrogen-bond acceptors (Lipinski definition) is 4. The molecule has 2 N–H and O–H groups in total. The molecule has 1 aliphatic carbocycles. The van der Waals surface area contributed by atoms with Crippen molar-refractivity contribution in [3.63, 3.8) is 0 Å². The van der Waals surface area contributed by atoms with E-state index in [2.05, 4.69) is 0 Å². The molecule has 6 nitrogen and oxygen atoms in total. The van der Waals surface area contributed by atoms with Gasteiger partial charge in [-0.3, -0.25) is 4.79 Å². The SMILES string of the molecule is Cc1ccc(S(=O)(=O)N2CCCC(C(=O)N3CC4CCC(N)C4C3)C2)cc1. The van der Waals surface area contributed by atoms with Crippen LogP contribution in [0.4, 0.5) is 0 Å². The smallest absolute Gasteiger partial charge is 0.243 e. The molecule has 4 rings (SSSR count). The van der Waals surface area contributed by atoms with Gasteiger partial charge in [0.1, 0.15) is 0 Å². The van der Waals surface area contributed by atoms with E-state index in [0.29, 0.717) is 23.3 Å². The van der Waals surface area contributed by atoms with Gasteiger partial charge in [0.2, 0.25) is 15.9 Å². The first-order valence-electron chi connectivity index (χ1n) is 9.97. The number of rotatable bonds is 3. The van der Waals surface area contributed by atoms with Gasteiger partial charge in [0.05, 0.1) is 10.8 Å². The third-order valence-electron chi connectivity index (χ3n) is 6.62. The van der Waals surface area contributed by atoms with Gasteiger partial charge in [0.25, 0.3) is 0 Å². The van der Waals surface area contributed by atoms with Crippen LogP contribution >= 0.6 is 0 Å². The standard InChI is InChI=1S/C20H29N3O3S/c1-14-4-7-17(8-5-14)27(25,26)23-10-2-3-16(12-23)20(24)22-11-15-6-9-19(21)18(15)13-22/h4-5,7-8,15-16,18-19H,2-3,6,9-13,21H2,1H3. The van der Waals surface area contributed by atoms with Gasteiger partial charge < -0.3 is 10.6 Å². The maximum Gasteiger partial charge on any atom is 0.243 e. The van der Waals surface area contributed by atoms with Crippen LogP contribution in [-0.2, 0) is 14.8 Å². The Morgan fingerprint density at radius 2 is 1.81 bits per heavy atom. The first-order valence-corrected chi connectivity index (χ1v) is 11.4. The lowest BCUT2D eigenvalue weighted by molar-refractivity contribution is -0.135. The summed E-state index contributed by atoms with van der Waals surface area (Å²) in [5.74, 6) is 0.819. The highest BCUT2D eigenvalue weighted by molar-refractivity contribution is 7.89. The molecule has 4 atom stereocenters. The molecule has 3 fully saturated rings. The average molecular weight is 392 g/mol. The van der Waals surface area contributed by atoms with Crippen LogP contribution in [0.25, 0.3) is 0 Å². The molecule has 3 aliphatic rings. The minimum absolute atomic E-state index is 0.111. The number of aryl methyl sites for hydroxylation is 1. The van der Waals surface area contributed by atoms with Gasteiger partial charge >= 0.3 is 0 Å². The van der Waals surface area contributed by atoms with Crippen LogP contribution in [0.5, 0.6) is 0 Å². The fraction of sp³-hybridized carbons (Fsp3) is 0.650. The number of carbonyl (C=O) groups is 1. The Morgan fingerprint density at radius 3 is 2.52 bits per heavy atom. The van der Waals surface area contributed by atoms with E-state index in [9.17, 15) is 13.2 Å². The molecule has 2 aliphatic heterocycles. The third-order valence-corrected chi connectivity index (χ3v) is 8.50. The van der Waals surface area contributed by atoms with Crippen molar-refractivity contribution in [2.75, 3.05) is 26.2 Å². The normalized spacial score (nSPS) is 31.9. The van der Waals surface area contributed by atoms with Gasteiger partial charge in [-0.2, -0.15) is 4.31 Å². The van der Waals surface area contributed by atoms with Crippen molar-refractivity contribution >= 4 is 15.9 Å². The molecule has 0 spiro atoms. The molecule has 2 heterocycles. The Bertz CT molecular complexity index is 808. The van der Waals surface area contributed by atoms with Crippen molar-refractivity contribution in [1.82, 2.24) is 9.21 Å². The minimum Gasteiger partial charge on any atom is -0.342 e. The zero-order chi connectivity index (χ0) is 19.2. The van der Waals surface area contributed by atoms with Crippen molar-refractivity contribution in [1.29, 1.82) is 0 Å². The van der Waals surface area contributed by atoms with Crippen molar-refractivity contribution in [3.8, 4) is 0 Å². The van der Waals surface area contributed by atoms with E-state index >= 15 is 0 Å². The van der Waals surface area contributed by atoms with E-state index in [1.165, 1.54) is 4.31 Å². The van der Waals surface area contributed by atoms with E-state index in [4.69, 9.17) is 5.73 Å². The van der Waals surface area contributed by atoms with Gasteiger partial charge in [0.15, 0.2) is 0 Å². The van der Waals surface area contributed by atoms with Gasteiger partial charge in [-0.25, -0.2) is 8.42 Å². The van der Waals surface area contributed by atoms with Crippen LogP contribution in [0.1, 0.15) is 31.2 Å². The summed E-state index contributed by atoms with van der Waals surface area (Å²) >= 11 is 0. The number of sulfonamides is 1. The van der Waals surface area contributed by atoms with E-state index in [0.717, 1.165) is 44.3 Å². The summed E-state index contributed by atoms with van der Waals surface area (Å²) in [5, 5.41) is 0. The van der Waals surface area contributed by atoms with Crippen LogP contribution in [0, 0.1) is 24.7 Å². The van der Waals surface area contributed by atoms with Gasteiger partial charge in [0, 0.05) is 32.2 Å². The number of fused-ring (bicyclic) bond motifs is 1. The highest BCUT2D eigenvalue weighted by Gasteiger charge is 2.44. The van der Waals surface area contributed by atoms with Crippen molar-refractivity contribution in [2.45, 2.75) is 43.5 Å². The number of nitrogens with zero attached hydrogens (tertiary/aromatic N) is 2. The molecule has 1 aromatic rings. The van der Waals surface area contributed by atoms with Crippen molar-refractivity contribution in [3.05, 3.63) is 29.8 Å². The molecular formula is C20H29N3O3S. The molecule has 148 valence electrons. The number of piperidine rings is 1. The molecule has 0 bridgehead atoms. The number of likely N-dealkylation sites (tertiary alicyclic amines) is 1. The third kappa shape index (κ3) is 3.52. The number of hydrogen-bond donors (Lipinski definition) is 1. The van der Waals surface area contributed by atoms with Crippen LogP contribution < -0.4 is 5.73 Å². The van der Waals surface area contributed by atoms with Crippen LogP contribution in [0.2, 0.25) is 0 Å². The maximum absolute atomic E-state index is 13.1. The Balaban J connectivity index is 1.45. The molecule has 0 radical (unpaired) electrons. The summed E-state index contributed by atoms with van der Waals surface area (Å²) in [6, 6.07) is 7.13. The first kappa shape index (κ1) is 18.9. The summed E-state index contributed by atoms with van der Waals surface area (Å²) in [6.07, 6.45) is 3.65. The quantitative estimate of drug-likeness (QED) is 0.848. The Labute approximate surface area is 161 Å². The zero-order valence-corrected chi connectivity index (χ0v) is 16.7. The van der Waals surface area contributed by atoms with E-state index in [1.807, 2.05) is 24.0 Å². The monoisotopic (exact) mass is 391 g/mol. The molecule has 1 amide bonds. The summed E-state index contributed by atoms with van der Waals surface area (Å²) in [5.41, 5.74) is 7.22. The Hall–Kier alpha value is -1.44. The molecule has 2 saturated heterocycles. The highest BCUT2D eigenvalue weighted by Crippen LogP contribution is 2.38. The fourth-order valence-corrected chi connectivity index (χ4v) is 6.49. The molecule has 4 unspecified atom stereocenters. The lowest BCUT2D eigenvalue weighted by atomic mass is 9.98. The van der Waals surface area contributed by atoms with Gasteiger partial charge in [-0.05, 0) is 56.6 Å². The fourth-order valence-electron chi connectivity index (χ4n) is 4.97. The van der Waals surface area contributed by atoms with Gasteiger partial charge in [-0.1, -0.05) is 17.7 Å². The zero-order valence-electron chi connectivity index (χ0n) is 15.9. The molecule has 0 aromatic heterocycles. The van der Waals surface area contributed by atoms with E-state index < -0.39 is 10.0 Å².